The van der Waals surface area contributed by atoms with Crippen molar-refractivity contribution in [2.75, 3.05) is 0 Å². The zero-order valence-corrected chi connectivity index (χ0v) is 9.42. The first-order valence-electron chi connectivity index (χ1n) is 3.96. The number of halogens is 3. The van der Waals surface area contributed by atoms with Gasteiger partial charge >= 0.3 is 0 Å². The van der Waals surface area contributed by atoms with Crippen LogP contribution in [0.1, 0.15) is 18.9 Å². The molecule has 0 heterocycles. The first-order chi connectivity index (χ1) is 6.15. The van der Waals surface area contributed by atoms with E-state index in [-0.39, 0.29) is 0 Å². The van der Waals surface area contributed by atoms with Crippen molar-refractivity contribution in [3.05, 3.63) is 38.8 Å². The molecule has 1 aromatic rings. The fraction of sp³-hybridized carbons (Fsp3) is 0.200. The van der Waals surface area contributed by atoms with Gasteiger partial charge in [-0.3, -0.25) is 0 Å². The molecule has 0 aliphatic carbocycles. The Hall–Kier alpha value is -0.170. The maximum atomic E-state index is 5.85. The fourth-order valence-electron chi connectivity index (χ4n) is 0.925. The molecule has 0 amide bonds. The van der Waals surface area contributed by atoms with E-state index in [4.69, 9.17) is 34.8 Å². The van der Waals surface area contributed by atoms with Crippen LogP contribution in [0, 0.1) is 0 Å². The van der Waals surface area contributed by atoms with Crippen LogP contribution in [0.2, 0.25) is 15.1 Å². The van der Waals surface area contributed by atoms with E-state index in [2.05, 4.69) is 6.92 Å². The SMILES string of the molecule is CCC=Cc1cc(Cl)c(Cl)c(Cl)c1. The van der Waals surface area contributed by atoms with Crippen molar-refractivity contribution in [1.82, 2.24) is 0 Å². The summed E-state index contributed by atoms with van der Waals surface area (Å²) in [7, 11) is 0. The topological polar surface area (TPSA) is 0 Å². The van der Waals surface area contributed by atoms with E-state index >= 15 is 0 Å². The lowest BCUT2D eigenvalue weighted by atomic mass is 10.2. The van der Waals surface area contributed by atoms with E-state index in [9.17, 15) is 0 Å². The smallest absolute Gasteiger partial charge is 0.0778 e. The van der Waals surface area contributed by atoms with Gasteiger partial charge in [-0.1, -0.05) is 53.9 Å². The minimum absolute atomic E-state index is 0.414. The second-order valence-electron chi connectivity index (χ2n) is 2.61. The predicted molar refractivity (Wildman–Crippen MR) is 60.8 cm³/mol. The average molecular weight is 236 g/mol. The summed E-state index contributed by atoms with van der Waals surface area (Å²) in [4.78, 5) is 0. The zero-order chi connectivity index (χ0) is 9.84. The lowest BCUT2D eigenvalue weighted by molar-refractivity contribution is 1.23. The van der Waals surface area contributed by atoms with E-state index < -0.39 is 0 Å². The molecule has 0 saturated heterocycles. The molecule has 70 valence electrons. The van der Waals surface area contributed by atoms with Gasteiger partial charge in [0.05, 0.1) is 15.1 Å². The van der Waals surface area contributed by atoms with Crippen molar-refractivity contribution >= 4 is 40.9 Å². The highest BCUT2D eigenvalue weighted by Gasteiger charge is 2.03. The average Bonchev–Trinajstić information content (AvgIpc) is 2.10. The largest absolute Gasteiger partial charge is 0.0842 e. The van der Waals surface area contributed by atoms with E-state index in [1.165, 1.54) is 0 Å². The fourth-order valence-corrected chi connectivity index (χ4v) is 1.54. The maximum Gasteiger partial charge on any atom is 0.0778 e. The number of hydrogen-bond acceptors (Lipinski definition) is 0. The van der Waals surface area contributed by atoms with E-state index in [1.54, 1.807) is 12.1 Å². The summed E-state index contributed by atoms with van der Waals surface area (Å²) in [5, 5.41) is 1.40. The molecule has 0 spiro atoms. The van der Waals surface area contributed by atoms with Crippen LogP contribution >= 0.6 is 34.8 Å². The van der Waals surface area contributed by atoms with Gasteiger partial charge in [-0.05, 0) is 24.1 Å². The predicted octanol–water partition coefficient (Wildman–Crippen LogP) is 5.07. The Morgan fingerprint density at radius 2 is 1.69 bits per heavy atom. The van der Waals surface area contributed by atoms with Crippen molar-refractivity contribution in [2.45, 2.75) is 13.3 Å². The van der Waals surface area contributed by atoms with Gasteiger partial charge in [-0.15, -0.1) is 0 Å². The van der Waals surface area contributed by atoms with Gasteiger partial charge in [0.1, 0.15) is 0 Å². The third kappa shape index (κ3) is 2.91. The van der Waals surface area contributed by atoms with Gasteiger partial charge in [0.15, 0.2) is 0 Å². The Kier molecular flexibility index (Phi) is 4.11. The minimum atomic E-state index is 0.414. The first-order valence-corrected chi connectivity index (χ1v) is 5.09. The normalized spacial score (nSPS) is 11.1. The molecule has 13 heavy (non-hydrogen) atoms. The summed E-state index contributed by atoms with van der Waals surface area (Å²) in [6.07, 6.45) is 4.99. The van der Waals surface area contributed by atoms with Crippen LogP contribution in [0.25, 0.3) is 6.08 Å². The maximum absolute atomic E-state index is 5.85. The molecule has 0 fully saturated rings. The molecule has 0 radical (unpaired) electrons. The lowest BCUT2D eigenvalue weighted by Gasteiger charge is -2.00. The molecule has 0 atom stereocenters. The zero-order valence-electron chi connectivity index (χ0n) is 7.15. The molecule has 0 aliphatic rings. The van der Waals surface area contributed by atoms with Crippen LogP contribution < -0.4 is 0 Å². The van der Waals surface area contributed by atoms with Crippen molar-refractivity contribution in [1.29, 1.82) is 0 Å². The van der Waals surface area contributed by atoms with Crippen LogP contribution in [0.15, 0.2) is 18.2 Å². The molecule has 0 N–H and O–H groups in total. The van der Waals surface area contributed by atoms with Gasteiger partial charge in [0.2, 0.25) is 0 Å². The molecule has 0 aliphatic heterocycles. The lowest BCUT2D eigenvalue weighted by Crippen LogP contribution is -1.76. The monoisotopic (exact) mass is 234 g/mol. The van der Waals surface area contributed by atoms with Crippen LogP contribution in [0.5, 0.6) is 0 Å². The van der Waals surface area contributed by atoms with Gasteiger partial charge < -0.3 is 0 Å². The molecular formula is C10H9Cl3. The van der Waals surface area contributed by atoms with Crippen LogP contribution in [-0.4, -0.2) is 0 Å². The molecule has 3 heteroatoms. The summed E-state index contributed by atoms with van der Waals surface area (Å²) in [6.45, 7) is 2.07. The summed E-state index contributed by atoms with van der Waals surface area (Å²) >= 11 is 17.5. The Balaban J connectivity index is 3.06. The van der Waals surface area contributed by atoms with Crippen molar-refractivity contribution < 1.29 is 0 Å². The summed E-state index contributed by atoms with van der Waals surface area (Å²) < 4.78 is 0. The molecule has 0 unspecified atom stereocenters. The van der Waals surface area contributed by atoms with Crippen molar-refractivity contribution in [2.24, 2.45) is 0 Å². The molecule has 0 bridgehead atoms. The number of benzene rings is 1. The quantitative estimate of drug-likeness (QED) is 0.628. The summed E-state index contributed by atoms with van der Waals surface area (Å²) in [5.41, 5.74) is 0.973. The van der Waals surface area contributed by atoms with Crippen molar-refractivity contribution in [3.8, 4) is 0 Å². The number of hydrogen-bond donors (Lipinski definition) is 0. The molecule has 0 saturated carbocycles. The second-order valence-corrected chi connectivity index (χ2v) is 3.80. The highest BCUT2D eigenvalue weighted by Crippen LogP contribution is 2.31. The summed E-state index contributed by atoms with van der Waals surface area (Å²) in [6, 6.07) is 3.59. The molecular weight excluding hydrogens is 226 g/mol. The van der Waals surface area contributed by atoms with E-state index in [0.29, 0.717) is 15.1 Å². The van der Waals surface area contributed by atoms with E-state index in [1.807, 2.05) is 12.2 Å². The highest BCUT2D eigenvalue weighted by molar-refractivity contribution is 6.48. The summed E-state index contributed by atoms with van der Waals surface area (Å²) in [5.74, 6) is 0. The van der Waals surface area contributed by atoms with Gasteiger partial charge in [-0.25, -0.2) is 0 Å². The Bertz CT molecular complexity index is 306. The Labute approximate surface area is 93.1 Å². The van der Waals surface area contributed by atoms with Crippen molar-refractivity contribution in [3.63, 3.8) is 0 Å². The first kappa shape index (κ1) is 10.9. The third-order valence-electron chi connectivity index (χ3n) is 1.55. The number of rotatable bonds is 2. The van der Waals surface area contributed by atoms with Gasteiger partial charge in [0, 0.05) is 0 Å². The molecule has 1 aromatic carbocycles. The van der Waals surface area contributed by atoms with Crippen LogP contribution in [0.4, 0.5) is 0 Å². The molecule has 0 aromatic heterocycles. The minimum Gasteiger partial charge on any atom is -0.0842 e. The van der Waals surface area contributed by atoms with Crippen LogP contribution in [-0.2, 0) is 0 Å². The highest BCUT2D eigenvalue weighted by atomic mass is 35.5. The molecule has 1 rings (SSSR count). The second kappa shape index (κ2) is 4.90. The Morgan fingerprint density at radius 3 is 2.15 bits per heavy atom. The molecule has 0 nitrogen and oxygen atoms in total. The van der Waals surface area contributed by atoms with E-state index in [0.717, 1.165) is 12.0 Å². The standard InChI is InChI=1S/C10H9Cl3/c1-2-3-4-7-5-8(11)10(13)9(12)6-7/h3-6H,2H2,1H3. The van der Waals surface area contributed by atoms with Gasteiger partial charge in [-0.2, -0.15) is 0 Å². The third-order valence-corrected chi connectivity index (χ3v) is 2.75. The van der Waals surface area contributed by atoms with Crippen LogP contribution in [0.3, 0.4) is 0 Å². The number of allylic oxidation sites excluding steroid dienone is 1. The Morgan fingerprint density at radius 1 is 1.15 bits per heavy atom. The van der Waals surface area contributed by atoms with Gasteiger partial charge in [0.25, 0.3) is 0 Å².